The van der Waals surface area contributed by atoms with Crippen LogP contribution in [0, 0.1) is 5.41 Å². The number of allylic oxidation sites excluding steroid dienone is 2. The molecule has 0 saturated heterocycles. The first-order valence-corrected chi connectivity index (χ1v) is 14.0. The third kappa shape index (κ3) is 4.06. The molecule has 2 aromatic carbocycles. The van der Waals surface area contributed by atoms with Crippen LogP contribution in [0.4, 0.5) is 0 Å². The first kappa shape index (κ1) is 26.0. The van der Waals surface area contributed by atoms with Gasteiger partial charge in [-0.05, 0) is 87.4 Å². The predicted molar refractivity (Wildman–Crippen MR) is 156 cm³/mol. The van der Waals surface area contributed by atoms with Crippen molar-refractivity contribution in [1.29, 1.82) is 0 Å². The van der Waals surface area contributed by atoms with Gasteiger partial charge in [0, 0.05) is 11.8 Å². The van der Waals surface area contributed by atoms with Crippen molar-refractivity contribution < 1.29 is 0 Å². The molecule has 0 aliphatic heterocycles. The number of rotatable bonds is 6. The molecule has 0 heteroatoms. The van der Waals surface area contributed by atoms with Gasteiger partial charge in [-0.2, -0.15) is 0 Å². The Bertz CT molecular complexity index is 1100. The highest BCUT2D eigenvalue weighted by atomic mass is 14.5. The molecule has 35 heavy (non-hydrogen) atoms. The fourth-order valence-electron chi connectivity index (χ4n) is 7.48. The summed E-state index contributed by atoms with van der Waals surface area (Å²) < 4.78 is 0. The van der Waals surface area contributed by atoms with E-state index in [1.807, 2.05) is 0 Å². The van der Waals surface area contributed by atoms with Crippen LogP contribution in [0.3, 0.4) is 0 Å². The van der Waals surface area contributed by atoms with Gasteiger partial charge in [0.15, 0.2) is 0 Å². The van der Waals surface area contributed by atoms with E-state index in [1.54, 1.807) is 11.1 Å². The first-order valence-electron chi connectivity index (χ1n) is 14.0. The minimum absolute atomic E-state index is 0.0656. The number of hydrogen-bond donors (Lipinski definition) is 0. The van der Waals surface area contributed by atoms with Crippen LogP contribution < -0.4 is 0 Å². The Kier molecular flexibility index (Phi) is 6.76. The molecular weight excluding hydrogens is 420 g/mol. The van der Waals surface area contributed by atoms with Crippen molar-refractivity contribution in [2.75, 3.05) is 0 Å². The molecule has 0 radical (unpaired) electrons. The van der Waals surface area contributed by atoms with Gasteiger partial charge < -0.3 is 0 Å². The molecule has 0 amide bonds. The number of hydrogen-bond acceptors (Lipinski definition) is 0. The smallest absolute Gasteiger partial charge is 0.0118 e. The zero-order valence-electron chi connectivity index (χ0n) is 24.4. The van der Waals surface area contributed by atoms with Crippen LogP contribution in [-0.4, -0.2) is 0 Å². The summed E-state index contributed by atoms with van der Waals surface area (Å²) in [4.78, 5) is 0. The molecular formula is C35H48. The highest BCUT2D eigenvalue weighted by molar-refractivity contribution is 5.75. The number of fused-ring (bicyclic) bond motifs is 2. The van der Waals surface area contributed by atoms with Crippen molar-refractivity contribution in [2.45, 2.75) is 119 Å². The minimum atomic E-state index is 0.0656. The Morgan fingerprint density at radius 3 is 1.09 bits per heavy atom. The molecule has 0 heterocycles. The lowest BCUT2D eigenvalue weighted by molar-refractivity contribution is 0.272. The Morgan fingerprint density at radius 2 is 0.800 bits per heavy atom. The van der Waals surface area contributed by atoms with Crippen LogP contribution >= 0.6 is 0 Å². The molecule has 0 spiro atoms. The van der Waals surface area contributed by atoms with E-state index < -0.39 is 0 Å². The van der Waals surface area contributed by atoms with E-state index in [1.165, 1.54) is 44.5 Å². The molecule has 2 aliphatic rings. The molecule has 0 N–H and O–H groups in total. The lowest BCUT2D eigenvalue weighted by Gasteiger charge is -2.43. The molecule has 2 aromatic rings. The average molecular weight is 469 g/mol. The third-order valence-electron chi connectivity index (χ3n) is 8.92. The maximum Gasteiger partial charge on any atom is 0.0118 e. The second-order valence-corrected chi connectivity index (χ2v) is 13.2. The van der Waals surface area contributed by atoms with Gasteiger partial charge in [0.05, 0.1) is 0 Å². The van der Waals surface area contributed by atoms with Gasteiger partial charge in [0.2, 0.25) is 0 Å². The summed E-state index contributed by atoms with van der Waals surface area (Å²) >= 11 is 0. The van der Waals surface area contributed by atoms with Crippen LogP contribution in [0.5, 0.6) is 0 Å². The Hall–Kier alpha value is -2.08. The van der Waals surface area contributed by atoms with E-state index in [9.17, 15) is 0 Å². The molecule has 0 fully saturated rings. The SMILES string of the molecule is CC1=Cc2c(C(C)C)ccc(C(C)C)c2C1C(C)(C)C1C(C)=Cc2c(C(C)C)ccc(C(C)C)c21. The average Bonchev–Trinajstić information content (AvgIpc) is 3.28. The summed E-state index contributed by atoms with van der Waals surface area (Å²) in [5.74, 6) is 2.96. The summed E-state index contributed by atoms with van der Waals surface area (Å²) in [5, 5.41) is 0. The fraction of sp³-hybridized carbons (Fsp3) is 0.543. The Morgan fingerprint density at radius 1 is 0.514 bits per heavy atom. The molecule has 0 aromatic heterocycles. The van der Waals surface area contributed by atoms with Gasteiger partial charge in [-0.15, -0.1) is 0 Å². The van der Waals surface area contributed by atoms with Crippen molar-refractivity contribution in [2.24, 2.45) is 5.41 Å². The van der Waals surface area contributed by atoms with Gasteiger partial charge in [0.25, 0.3) is 0 Å². The zero-order chi connectivity index (χ0) is 26.0. The second kappa shape index (κ2) is 9.10. The van der Waals surface area contributed by atoms with Crippen LogP contribution in [0.1, 0.15) is 163 Å². The van der Waals surface area contributed by atoms with E-state index in [4.69, 9.17) is 0 Å². The Labute approximate surface area is 215 Å². The molecule has 0 bridgehead atoms. The number of benzene rings is 2. The summed E-state index contributed by atoms with van der Waals surface area (Å²) in [6, 6.07) is 9.69. The van der Waals surface area contributed by atoms with Crippen LogP contribution in [-0.2, 0) is 0 Å². The molecule has 4 rings (SSSR count). The maximum absolute atomic E-state index is 2.56. The van der Waals surface area contributed by atoms with Crippen molar-refractivity contribution >= 4 is 12.2 Å². The first-order chi connectivity index (χ1) is 16.3. The highest BCUT2D eigenvalue weighted by Gasteiger charge is 2.47. The van der Waals surface area contributed by atoms with Crippen LogP contribution in [0.2, 0.25) is 0 Å². The van der Waals surface area contributed by atoms with E-state index in [0.29, 0.717) is 35.5 Å². The van der Waals surface area contributed by atoms with Crippen molar-refractivity contribution in [3.63, 3.8) is 0 Å². The summed E-state index contributed by atoms with van der Waals surface area (Å²) in [7, 11) is 0. The molecule has 0 nitrogen and oxygen atoms in total. The quantitative estimate of drug-likeness (QED) is 0.395. The Balaban J connectivity index is 1.97. The van der Waals surface area contributed by atoms with Crippen LogP contribution in [0.15, 0.2) is 35.4 Å². The zero-order valence-corrected chi connectivity index (χ0v) is 24.4. The van der Waals surface area contributed by atoms with Gasteiger partial charge in [-0.1, -0.05) is 117 Å². The largest absolute Gasteiger partial charge is 0.0646 e. The maximum atomic E-state index is 2.56. The highest BCUT2D eigenvalue weighted by Crippen LogP contribution is 2.61. The lowest BCUT2D eigenvalue weighted by atomic mass is 9.60. The monoisotopic (exact) mass is 468 g/mol. The van der Waals surface area contributed by atoms with Gasteiger partial charge >= 0.3 is 0 Å². The fourth-order valence-corrected chi connectivity index (χ4v) is 7.48. The van der Waals surface area contributed by atoms with E-state index in [0.717, 1.165) is 0 Å². The molecule has 2 aliphatic carbocycles. The normalized spacial score (nSPS) is 19.7. The van der Waals surface area contributed by atoms with Crippen LogP contribution in [0.25, 0.3) is 12.2 Å². The standard InChI is InChI=1S/C35H48/c1-19(2)25-13-15-27(21(5)6)31-29(25)17-23(9)33(31)35(11,12)34-24(10)18-30-26(20(3)4)14-16-28(22(7)8)32(30)34/h13-22,33-34H,1-12H3. The predicted octanol–water partition coefficient (Wildman–Crippen LogP) is 10.9. The third-order valence-corrected chi connectivity index (χ3v) is 8.92. The molecule has 2 atom stereocenters. The van der Waals surface area contributed by atoms with E-state index >= 15 is 0 Å². The van der Waals surface area contributed by atoms with Crippen molar-refractivity contribution in [3.05, 3.63) is 79.9 Å². The summed E-state index contributed by atoms with van der Waals surface area (Å²) in [5.41, 5.74) is 15.5. The summed E-state index contributed by atoms with van der Waals surface area (Å²) in [6.07, 6.45) is 5.07. The van der Waals surface area contributed by atoms with Gasteiger partial charge in [0.1, 0.15) is 0 Å². The second-order valence-electron chi connectivity index (χ2n) is 13.2. The summed E-state index contributed by atoms with van der Waals surface area (Å²) in [6.45, 7) is 28.7. The van der Waals surface area contributed by atoms with E-state index in [-0.39, 0.29) is 5.41 Å². The van der Waals surface area contributed by atoms with Gasteiger partial charge in [-0.3, -0.25) is 0 Å². The van der Waals surface area contributed by atoms with E-state index in [2.05, 4.69) is 120 Å². The van der Waals surface area contributed by atoms with Gasteiger partial charge in [-0.25, -0.2) is 0 Å². The van der Waals surface area contributed by atoms with Crippen molar-refractivity contribution in [1.82, 2.24) is 0 Å². The van der Waals surface area contributed by atoms with Crippen molar-refractivity contribution in [3.8, 4) is 0 Å². The minimum Gasteiger partial charge on any atom is -0.0646 e. The molecule has 188 valence electrons. The molecule has 0 saturated carbocycles. The molecule has 2 unspecified atom stereocenters. The topological polar surface area (TPSA) is 0 Å². The lowest BCUT2D eigenvalue weighted by Crippen LogP contribution is -2.31.